The summed E-state index contributed by atoms with van der Waals surface area (Å²) in [5.74, 6) is 5.15. The van der Waals surface area contributed by atoms with Gasteiger partial charge in [0.25, 0.3) is 0 Å². The van der Waals surface area contributed by atoms with Gasteiger partial charge in [0.05, 0.1) is 0 Å². The van der Waals surface area contributed by atoms with Crippen molar-refractivity contribution in [3.63, 3.8) is 0 Å². The molecule has 0 spiro atoms. The van der Waals surface area contributed by atoms with Crippen LogP contribution in [0.15, 0.2) is 36.4 Å². The Kier molecular flexibility index (Phi) is 7.02. The maximum absolute atomic E-state index is 5.91. The third kappa shape index (κ3) is 5.18. The highest BCUT2D eigenvalue weighted by Crippen LogP contribution is 2.33. The Morgan fingerprint density at radius 1 is 1.35 bits per heavy atom. The molecule has 20 heavy (non-hydrogen) atoms. The van der Waals surface area contributed by atoms with Crippen LogP contribution in [0.5, 0.6) is 0 Å². The van der Waals surface area contributed by atoms with Crippen LogP contribution in [0.4, 0.5) is 0 Å². The summed E-state index contributed by atoms with van der Waals surface area (Å²) < 4.78 is 0. The topological polar surface area (TPSA) is 0 Å². The predicted octanol–water partition coefficient (Wildman–Crippen LogP) is 5.96. The molecule has 1 radical (unpaired) electrons. The summed E-state index contributed by atoms with van der Waals surface area (Å²) in [5, 5.41) is 0.815. The Balaban J connectivity index is 1.89. The molecule has 109 valence electrons. The zero-order chi connectivity index (χ0) is 14.2. The minimum atomic E-state index is 0.815. The third-order valence-corrected chi connectivity index (χ3v) is 5.29. The first-order chi connectivity index (χ1) is 9.79. The van der Waals surface area contributed by atoms with Crippen LogP contribution in [0.1, 0.15) is 38.2 Å². The number of halogens is 1. The van der Waals surface area contributed by atoms with Crippen molar-refractivity contribution in [1.82, 2.24) is 0 Å². The first-order valence-corrected chi connectivity index (χ1v) is 9.17. The highest BCUT2D eigenvalue weighted by Gasteiger charge is 2.21. The van der Waals surface area contributed by atoms with Gasteiger partial charge in [-0.25, -0.2) is 0 Å². The second-order valence-corrected chi connectivity index (χ2v) is 7.06. The highest BCUT2D eigenvalue weighted by atomic mass is 35.5. The summed E-state index contributed by atoms with van der Waals surface area (Å²) in [7, 11) is 0. The van der Waals surface area contributed by atoms with E-state index in [0.29, 0.717) is 0 Å². The van der Waals surface area contributed by atoms with E-state index in [-0.39, 0.29) is 0 Å². The first-order valence-electron chi connectivity index (χ1n) is 7.64. The van der Waals surface area contributed by atoms with Crippen LogP contribution >= 0.6 is 23.4 Å². The predicted molar refractivity (Wildman–Crippen MR) is 92.5 cm³/mol. The maximum atomic E-state index is 5.91. The fourth-order valence-corrected chi connectivity index (χ4v) is 4.04. The monoisotopic (exact) mass is 307 g/mol. The van der Waals surface area contributed by atoms with E-state index in [1.807, 2.05) is 12.1 Å². The molecule has 0 N–H and O–H groups in total. The third-order valence-electron chi connectivity index (χ3n) is 3.82. The molecule has 1 atom stereocenters. The molecule has 2 rings (SSSR count). The molecular formula is C18H24ClS. The Bertz CT molecular complexity index is 404. The van der Waals surface area contributed by atoms with Gasteiger partial charge < -0.3 is 0 Å². The van der Waals surface area contributed by atoms with Crippen molar-refractivity contribution in [3.05, 3.63) is 52.9 Å². The minimum absolute atomic E-state index is 0.815. The lowest BCUT2D eigenvalue weighted by Gasteiger charge is -2.27. The number of hydrogen-bond donors (Lipinski definition) is 0. The van der Waals surface area contributed by atoms with E-state index >= 15 is 0 Å². The second-order valence-electron chi connectivity index (χ2n) is 5.47. The molecule has 2 heteroatoms. The Hall–Kier alpha value is -0.400. The summed E-state index contributed by atoms with van der Waals surface area (Å²) in [5.41, 5.74) is 1.33. The number of allylic oxidation sites excluding steroid dienone is 2. The number of hydrogen-bond acceptors (Lipinski definition) is 1. The molecule has 0 amide bonds. The van der Waals surface area contributed by atoms with Crippen molar-refractivity contribution >= 4 is 23.4 Å². The van der Waals surface area contributed by atoms with E-state index in [1.165, 1.54) is 42.8 Å². The number of rotatable bonds is 6. The van der Waals surface area contributed by atoms with E-state index < -0.39 is 0 Å². The van der Waals surface area contributed by atoms with E-state index in [4.69, 9.17) is 11.6 Å². The summed E-state index contributed by atoms with van der Waals surface area (Å²) in [6, 6.07) is 8.17. The van der Waals surface area contributed by atoms with Gasteiger partial charge in [0.1, 0.15) is 0 Å². The molecule has 0 aliphatic carbocycles. The fraction of sp³-hybridized carbons (Fsp3) is 0.500. The normalized spacial score (nSPS) is 19.9. The van der Waals surface area contributed by atoms with E-state index in [1.54, 1.807) is 5.92 Å². The zero-order valence-electron chi connectivity index (χ0n) is 12.3. The highest BCUT2D eigenvalue weighted by molar-refractivity contribution is 7.99. The SMILES string of the molecule is CCC[C](C=CCc1ccc(Cl)cc1)C1CCCSC1. The van der Waals surface area contributed by atoms with Crippen molar-refractivity contribution < 1.29 is 0 Å². The number of thioether (sulfide) groups is 1. The quantitative estimate of drug-likeness (QED) is 0.625. The van der Waals surface area contributed by atoms with Crippen molar-refractivity contribution in [2.75, 3.05) is 11.5 Å². The van der Waals surface area contributed by atoms with Crippen LogP contribution in [0.25, 0.3) is 0 Å². The molecule has 0 bridgehead atoms. The molecular weight excluding hydrogens is 284 g/mol. The minimum Gasteiger partial charge on any atom is -0.162 e. The standard InChI is InChI=1S/C18H24ClS/c1-2-5-16(17-8-4-13-20-14-17)7-3-6-15-9-11-18(19)12-10-15/h3,7,9-12,17H,2,4-6,8,13-14H2,1H3. The Labute approximate surface area is 133 Å². The van der Waals surface area contributed by atoms with Crippen LogP contribution < -0.4 is 0 Å². The molecule has 1 aromatic rings. The van der Waals surface area contributed by atoms with Gasteiger partial charge >= 0.3 is 0 Å². The van der Waals surface area contributed by atoms with E-state index in [9.17, 15) is 0 Å². The molecule has 1 saturated heterocycles. The second kappa shape index (κ2) is 8.79. The fourth-order valence-electron chi connectivity index (χ4n) is 2.71. The Morgan fingerprint density at radius 2 is 2.15 bits per heavy atom. The van der Waals surface area contributed by atoms with Crippen molar-refractivity contribution in [1.29, 1.82) is 0 Å². The summed E-state index contributed by atoms with van der Waals surface area (Å²) >= 11 is 8.03. The first kappa shape index (κ1) is 16.0. The van der Waals surface area contributed by atoms with Gasteiger partial charge in [-0.3, -0.25) is 0 Å². The molecule has 1 fully saturated rings. The molecule has 1 aromatic carbocycles. The van der Waals surface area contributed by atoms with Gasteiger partial charge in [0.2, 0.25) is 0 Å². The van der Waals surface area contributed by atoms with Crippen LogP contribution in [-0.2, 0) is 6.42 Å². The van der Waals surface area contributed by atoms with Crippen LogP contribution in [0.2, 0.25) is 5.02 Å². The van der Waals surface area contributed by atoms with Crippen LogP contribution in [0, 0.1) is 11.8 Å². The van der Waals surface area contributed by atoms with E-state index in [0.717, 1.165) is 17.4 Å². The number of benzene rings is 1. The van der Waals surface area contributed by atoms with Crippen LogP contribution in [0.3, 0.4) is 0 Å². The molecule has 0 saturated carbocycles. The molecule has 0 nitrogen and oxygen atoms in total. The van der Waals surface area contributed by atoms with Crippen LogP contribution in [-0.4, -0.2) is 11.5 Å². The van der Waals surface area contributed by atoms with Gasteiger partial charge in [-0.2, -0.15) is 11.8 Å². The maximum Gasteiger partial charge on any atom is 0.0406 e. The zero-order valence-corrected chi connectivity index (χ0v) is 13.8. The van der Waals surface area contributed by atoms with Gasteiger partial charge in [-0.1, -0.05) is 49.2 Å². The molecule has 1 heterocycles. The van der Waals surface area contributed by atoms with Crippen molar-refractivity contribution in [2.45, 2.75) is 39.0 Å². The summed E-state index contributed by atoms with van der Waals surface area (Å²) in [4.78, 5) is 0. The smallest absolute Gasteiger partial charge is 0.0406 e. The summed E-state index contributed by atoms with van der Waals surface area (Å²) in [6.07, 6.45) is 11.0. The van der Waals surface area contributed by atoms with E-state index in [2.05, 4.69) is 43.0 Å². The van der Waals surface area contributed by atoms with Crippen molar-refractivity contribution in [2.24, 2.45) is 5.92 Å². The molecule has 1 aliphatic rings. The van der Waals surface area contributed by atoms with Gasteiger partial charge in [0, 0.05) is 10.9 Å². The van der Waals surface area contributed by atoms with Gasteiger partial charge in [0.15, 0.2) is 0 Å². The molecule has 0 aromatic heterocycles. The molecule has 1 aliphatic heterocycles. The molecule has 1 unspecified atom stereocenters. The lowest BCUT2D eigenvalue weighted by molar-refractivity contribution is 0.526. The van der Waals surface area contributed by atoms with Gasteiger partial charge in [-0.15, -0.1) is 0 Å². The summed E-state index contributed by atoms with van der Waals surface area (Å²) in [6.45, 7) is 2.28. The Morgan fingerprint density at radius 3 is 2.80 bits per heavy atom. The van der Waals surface area contributed by atoms with Gasteiger partial charge in [-0.05, 0) is 60.8 Å². The average Bonchev–Trinajstić information content (AvgIpc) is 2.49. The largest absolute Gasteiger partial charge is 0.162 e. The average molecular weight is 308 g/mol. The van der Waals surface area contributed by atoms with Crippen molar-refractivity contribution in [3.8, 4) is 0 Å². The lowest BCUT2D eigenvalue weighted by atomic mass is 9.86. The lowest BCUT2D eigenvalue weighted by Crippen LogP contribution is -2.17.